The van der Waals surface area contributed by atoms with E-state index in [2.05, 4.69) is 0 Å². The van der Waals surface area contributed by atoms with E-state index in [0.717, 1.165) is 11.3 Å². The van der Waals surface area contributed by atoms with Gasteiger partial charge < -0.3 is 14.4 Å². The predicted molar refractivity (Wildman–Crippen MR) is 64.3 cm³/mol. The van der Waals surface area contributed by atoms with Crippen LogP contribution >= 0.6 is 0 Å². The molecular formula is C13H13NO3. The molecule has 1 aromatic heterocycles. The standard InChI is InChI=1S/C13H13NO3/c1-3-14-10-6-9-11(17-7(2)13(9)16)4-8(10)5-12(14)15/h4,6,16H,3,5H2,1-2H3. The van der Waals surface area contributed by atoms with E-state index in [9.17, 15) is 9.90 Å². The number of hydrogen-bond acceptors (Lipinski definition) is 3. The molecule has 0 spiro atoms. The van der Waals surface area contributed by atoms with Gasteiger partial charge in [0.15, 0.2) is 5.75 Å². The van der Waals surface area contributed by atoms with Crippen molar-refractivity contribution in [1.82, 2.24) is 0 Å². The Labute approximate surface area is 98.4 Å². The first-order valence-corrected chi connectivity index (χ1v) is 5.67. The molecule has 4 heteroatoms. The summed E-state index contributed by atoms with van der Waals surface area (Å²) in [6.45, 7) is 4.32. The van der Waals surface area contributed by atoms with E-state index in [4.69, 9.17) is 4.42 Å². The fourth-order valence-electron chi connectivity index (χ4n) is 2.42. The van der Waals surface area contributed by atoms with Crippen molar-refractivity contribution in [3.63, 3.8) is 0 Å². The Balaban J connectivity index is 2.28. The quantitative estimate of drug-likeness (QED) is 0.819. The molecule has 1 aliphatic heterocycles. The van der Waals surface area contributed by atoms with Crippen molar-refractivity contribution in [3.05, 3.63) is 23.5 Å². The highest BCUT2D eigenvalue weighted by Gasteiger charge is 2.27. The second-order valence-electron chi connectivity index (χ2n) is 4.30. The number of rotatable bonds is 1. The number of benzene rings is 1. The van der Waals surface area contributed by atoms with Crippen molar-refractivity contribution in [2.45, 2.75) is 20.3 Å². The summed E-state index contributed by atoms with van der Waals surface area (Å²) in [5.41, 5.74) is 2.50. The molecule has 0 radical (unpaired) electrons. The molecule has 17 heavy (non-hydrogen) atoms. The Bertz CT molecular complexity index is 627. The van der Waals surface area contributed by atoms with Gasteiger partial charge in [-0.25, -0.2) is 0 Å². The van der Waals surface area contributed by atoms with Gasteiger partial charge in [0.05, 0.1) is 11.8 Å². The fourth-order valence-corrected chi connectivity index (χ4v) is 2.42. The molecule has 0 unspecified atom stereocenters. The summed E-state index contributed by atoms with van der Waals surface area (Å²) in [5.74, 6) is 0.780. The molecular weight excluding hydrogens is 218 g/mol. The number of aryl methyl sites for hydroxylation is 1. The van der Waals surface area contributed by atoms with Gasteiger partial charge in [-0.2, -0.15) is 0 Å². The van der Waals surface area contributed by atoms with Gasteiger partial charge in [-0.3, -0.25) is 4.79 Å². The summed E-state index contributed by atoms with van der Waals surface area (Å²) in [7, 11) is 0. The van der Waals surface area contributed by atoms with E-state index < -0.39 is 0 Å². The molecule has 3 rings (SSSR count). The number of amides is 1. The lowest BCUT2D eigenvalue weighted by molar-refractivity contribution is -0.117. The first kappa shape index (κ1) is 10.2. The highest BCUT2D eigenvalue weighted by atomic mass is 16.4. The number of aromatic hydroxyl groups is 1. The Kier molecular flexibility index (Phi) is 1.96. The second kappa shape index (κ2) is 3.26. The lowest BCUT2D eigenvalue weighted by Crippen LogP contribution is -2.25. The van der Waals surface area contributed by atoms with Crippen LogP contribution in [0.1, 0.15) is 18.2 Å². The lowest BCUT2D eigenvalue weighted by Gasteiger charge is -2.14. The number of anilines is 1. The van der Waals surface area contributed by atoms with Crippen LogP contribution < -0.4 is 4.90 Å². The molecule has 1 amide bonds. The number of fused-ring (bicyclic) bond motifs is 2. The van der Waals surface area contributed by atoms with Crippen LogP contribution in [0.15, 0.2) is 16.5 Å². The normalized spacial score (nSPS) is 14.7. The Hall–Kier alpha value is -1.97. The van der Waals surface area contributed by atoms with Crippen LogP contribution in [-0.2, 0) is 11.2 Å². The third-order valence-corrected chi connectivity index (χ3v) is 3.28. The van der Waals surface area contributed by atoms with E-state index in [1.54, 1.807) is 11.8 Å². The van der Waals surface area contributed by atoms with Gasteiger partial charge in [-0.05, 0) is 31.5 Å². The maximum absolute atomic E-state index is 11.7. The highest BCUT2D eigenvalue weighted by Crippen LogP contribution is 2.38. The third-order valence-electron chi connectivity index (χ3n) is 3.28. The Morgan fingerprint density at radius 3 is 2.94 bits per heavy atom. The number of hydrogen-bond donors (Lipinski definition) is 1. The SMILES string of the molecule is CCN1C(=O)Cc2cc3oc(C)c(O)c3cc21. The van der Waals surface area contributed by atoms with Crippen molar-refractivity contribution >= 4 is 22.6 Å². The first-order valence-electron chi connectivity index (χ1n) is 5.67. The molecule has 1 aromatic carbocycles. The highest BCUT2D eigenvalue weighted by molar-refractivity contribution is 6.04. The van der Waals surface area contributed by atoms with Crippen LogP contribution in [-0.4, -0.2) is 17.6 Å². The molecule has 4 nitrogen and oxygen atoms in total. The van der Waals surface area contributed by atoms with Crippen molar-refractivity contribution in [2.75, 3.05) is 11.4 Å². The van der Waals surface area contributed by atoms with Crippen LogP contribution in [0.2, 0.25) is 0 Å². The minimum atomic E-state index is 0.103. The van der Waals surface area contributed by atoms with Crippen LogP contribution in [0.4, 0.5) is 5.69 Å². The first-order chi connectivity index (χ1) is 8.11. The van der Waals surface area contributed by atoms with Gasteiger partial charge in [0.25, 0.3) is 0 Å². The maximum atomic E-state index is 11.7. The van der Waals surface area contributed by atoms with Gasteiger partial charge in [0.2, 0.25) is 5.91 Å². The van der Waals surface area contributed by atoms with Crippen molar-refractivity contribution in [1.29, 1.82) is 0 Å². The predicted octanol–water partition coefficient (Wildman–Crippen LogP) is 2.36. The largest absolute Gasteiger partial charge is 0.504 e. The van der Waals surface area contributed by atoms with E-state index in [-0.39, 0.29) is 11.7 Å². The number of likely N-dealkylation sites (N-methyl/N-ethyl adjacent to an activating group) is 1. The fraction of sp³-hybridized carbons (Fsp3) is 0.308. The van der Waals surface area contributed by atoms with Crippen molar-refractivity contribution in [2.24, 2.45) is 0 Å². The number of furan rings is 1. The zero-order valence-corrected chi connectivity index (χ0v) is 9.78. The van der Waals surface area contributed by atoms with Gasteiger partial charge in [-0.1, -0.05) is 0 Å². The summed E-state index contributed by atoms with van der Waals surface area (Å²) in [6, 6.07) is 3.69. The van der Waals surface area contributed by atoms with Crippen molar-refractivity contribution in [3.8, 4) is 5.75 Å². The molecule has 2 aromatic rings. The average molecular weight is 231 g/mol. The van der Waals surface area contributed by atoms with Gasteiger partial charge in [-0.15, -0.1) is 0 Å². The molecule has 1 N–H and O–H groups in total. The zero-order chi connectivity index (χ0) is 12.2. The summed E-state index contributed by atoms with van der Waals surface area (Å²) >= 11 is 0. The third kappa shape index (κ3) is 1.27. The van der Waals surface area contributed by atoms with E-state index in [1.807, 2.05) is 19.1 Å². The van der Waals surface area contributed by atoms with Crippen LogP contribution in [0.5, 0.6) is 5.75 Å². The number of carbonyl (C=O) groups excluding carboxylic acids is 1. The van der Waals surface area contributed by atoms with E-state index >= 15 is 0 Å². The Morgan fingerprint density at radius 2 is 2.24 bits per heavy atom. The van der Waals surface area contributed by atoms with Gasteiger partial charge >= 0.3 is 0 Å². The summed E-state index contributed by atoms with van der Waals surface area (Å²) in [5, 5.41) is 10.5. The lowest BCUT2D eigenvalue weighted by atomic mass is 10.1. The smallest absolute Gasteiger partial charge is 0.231 e. The second-order valence-corrected chi connectivity index (χ2v) is 4.30. The van der Waals surface area contributed by atoms with Crippen LogP contribution in [0, 0.1) is 6.92 Å². The van der Waals surface area contributed by atoms with E-state index in [0.29, 0.717) is 29.7 Å². The van der Waals surface area contributed by atoms with Crippen molar-refractivity contribution < 1.29 is 14.3 Å². The molecule has 0 saturated heterocycles. The Morgan fingerprint density at radius 1 is 1.47 bits per heavy atom. The maximum Gasteiger partial charge on any atom is 0.231 e. The van der Waals surface area contributed by atoms with Gasteiger partial charge in [0, 0.05) is 12.2 Å². The molecule has 2 heterocycles. The van der Waals surface area contributed by atoms with Crippen LogP contribution in [0.25, 0.3) is 11.0 Å². The summed E-state index contributed by atoms with van der Waals surface area (Å²) < 4.78 is 5.45. The summed E-state index contributed by atoms with van der Waals surface area (Å²) in [4.78, 5) is 13.5. The number of carbonyl (C=O) groups is 1. The molecule has 0 bridgehead atoms. The monoisotopic (exact) mass is 231 g/mol. The molecule has 1 aliphatic rings. The average Bonchev–Trinajstić information content (AvgIpc) is 2.74. The van der Waals surface area contributed by atoms with Gasteiger partial charge in [0.1, 0.15) is 11.3 Å². The molecule has 0 saturated carbocycles. The molecule has 88 valence electrons. The zero-order valence-electron chi connectivity index (χ0n) is 9.78. The van der Waals surface area contributed by atoms with Crippen LogP contribution in [0.3, 0.4) is 0 Å². The molecule has 0 fully saturated rings. The molecule has 0 atom stereocenters. The molecule has 0 aliphatic carbocycles. The minimum absolute atomic E-state index is 0.103. The minimum Gasteiger partial charge on any atom is -0.504 e. The van der Waals surface area contributed by atoms with E-state index in [1.165, 1.54) is 0 Å². The number of nitrogens with zero attached hydrogens (tertiary/aromatic N) is 1. The summed E-state index contributed by atoms with van der Waals surface area (Å²) in [6.07, 6.45) is 0.416. The topological polar surface area (TPSA) is 53.7 Å².